The van der Waals surface area contributed by atoms with Crippen LogP contribution in [-0.2, 0) is 38.6 Å². The van der Waals surface area contributed by atoms with Crippen LogP contribution in [0, 0.1) is 0 Å². The minimum Gasteiger partial charge on any atom is -0.476 e. The first-order valence-electron chi connectivity index (χ1n) is 14.2. The summed E-state index contributed by atoms with van der Waals surface area (Å²) in [7, 11) is 0. The van der Waals surface area contributed by atoms with Crippen LogP contribution in [0.1, 0.15) is 83.4 Å². The van der Waals surface area contributed by atoms with Crippen LogP contribution >= 0.6 is 0 Å². The Morgan fingerprint density at radius 3 is 2.50 bits per heavy atom. The van der Waals surface area contributed by atoms with E-state index in [0.717, 1.165) is 48.7 Å². The number of benzene rings is 1. The van der Waals surface area contributed by atoms with Crippen LogP contribution in [0.15, 0.2) is 46.0 Å². The molecule has 0 saturated heterocycles. The number of esters is 2. The van der Waals surface area contributed by atoms with Crippen LogP contribution in [-0.4, -0.2) is 45.1 Å². The van der Waals surface area contributed by atoms with Gasteiger partial charge in [0.15, 0.2) is 5.60 Å². The van der Waals surface area contributed by atoms with E-state index in [2.05, 4.69) is 5.10 Å². The zero-order valence-electron chi connectivity index (χ0n) is 24.0. The molecule has 0 unspecified atom stereocenters. The molecule has 0 atom stereocenters. The van der Waals surface area contributed by atoms with Crippen molar-refractivity contribution in [3.8, 4) is 5.75 Å². The van der Waals surface area contributed by atoms with Gasteiger partial charge in [-0.05, 0) is 77.5 Å². The van der Waals surface area contributed by atoms with Crippen molar-refractivity contribution in [1.29, 1.82) is 0 Å². The molecule has 0 bridgehead atoms. The molecule has 1 aromatic heterocycles. The number of hydrogen-bond acceptors (Lipinski definition) is 8. The van der Waals surface area contributed by atoms with E-state index in [1.165, 1.54) is 16.8 Å². The number of nitrogens with zero attached hydrogens (tertiary/aromatic N) is 3. The van der Waals surface area contributed by atoms with E-state index >= 15 is 0 Å². The quantitative estimate of drug-likeness (QED) is 0.195. The van der Waals surface area contributed by atoms with E-state index in [4.69, 9.17) is 14.2 Å². The second kappa shape index (κ2) is 14.6. The smallest absolute Gasteiger partial charge is 0.349 e. The molecular formula is C30H41N3O7. The predicted octanol–water partition coefficient (Wildman–Crippen LogP) is 3.93. The van der Waals surface area contributed by atoms with Crippen molar-refractivity contribution in [2.75, 3.05) is 13.2 Å². The number of aromatic nitrogens is 3. The predicted molar refractivity (Wildman–Crippen MR) is 150 cm³/mol. The summed E-state index contributed by atoms with van der Waals surface area (Å²) in [6, 6.07) is 7.58. The average molecular weight is 556 g/mol. The molecule has 10 heteroatoms. The molecule has 10 nitrogen and oxygen atoms in total. The number of rotatable bonds is 14. The number of unbranched alkanes of at least 4 members (excludes halogenated alkanes) is 1. The number of carbonyl (C=O) groups excluding carboxylic acids is 2. The fraction of sp³-hybridized carbons (Fsp3) is 0.567. The number of aryl methyl sites for hydroxylation is 2. The normalized spacial score (nSPS) is 14.0. The van der Waals surface area contributed by atoms with Crippen LogP contribution in [0.2, 0.25) is 0 Å². The molecule has 1 heterocycles. The van der Waals surface area contributed by atoms with Gasteiger partial charge in [0.1, 0.15) is 11.4 Å². The van der Waals surface area contributed by atoms with Gasteiger partial charge < -0.3 is 14.2 Å². The maximum Gasteiger partial charge on any atom is 0.349 e. The summed E-state index contributed by atoms with van der Waals surface area (Å²) in [5.41, 5.74) is -0.512. The third-order valence-corrected chi connectivity index (χ3v) is 6.84. The van der Waals surface area contributed by atoms with E-state index in [-0.39, 0.29) is 31.2 Å². The zero-order chi connectivity index (χ0) is 29.1. The Balaban J connectivity index is 1.68. The van der Waals surface area contributed by atoms with Gasteiger partial charge in [0.2, 0.25) is 0 Å². The van der Waals surface area contributed by atoms with E-state index in [1.807, 2.05) is 18.2 Å². The Morgan fingerprint density at radius 1 is 1.07 bits per heavy atom. The van der Waals surface area contributed by atoms with E-state index in [1.54, 1.807) is 33.8 Å². The van der Waals surface area contributed by atoms with Crippen molar-refractivity contribution in [2.24, 2.45) is 0 Å². The molecule has 1 aromatic carbocycles. The van der Waals surface area contributed by atoms with Gasteiger partial charge in [-0.2, -0.15) is 5.10 Å². The molecule has 1 aliphatic carbocycles. The number of allylic oxidation sites excluding steroid dienone is 1. The Hall–Kier alpha value is -3.69. The number of hydrogen-bond donors (Lipinski definition) is 0. The summed E-state index contributed by atoms with van der Waals surface area (Å²) in [5, 5.41) is 4.51. The molecule has 218 valence electrons. The largest absolute Gasteiger partial charge is 0.476 e. The minimum atomic E-state index is -1.10. The van der Waals surface area contributed by atoms with Gasteiger partial charge in [-0.25, -0.2) is 19.1 Å². The second-order valence-electron chi connectivity index (χ2n) is 10.4. The summed E-state index contributed by atoms with van der Waals surface area (Å²) >= 11 is 0. The second-order valence-corrected chi connectivity index (χ2v) is 10.4. The van der Waals surface area contributed by atoms with Gasteiger partial charge in [0, 0.05) is 25.1 Å². The molecule has 0 spiro atoms. The fourth-order valence-corrected chi connectivity index (χ4v) is 4.78. The van der Waals surface area contributed by atoms with E-state index in [0.29, 0.717) is 24.4 Å². The van der Waals surface area contributed by atoms with Crippen molar-refractivity contribution >= 4 is 11.9 Å². The molecule has 1 fully saturated rings. The van der Waals surface area contributed by atoms with Gasteiger partial charge >= 0.3 is 17.6 Å². The number of carbonyl (C=O) groups is 2. The lowest BCUT2D eigenvalue weighted by Gasteiger charge is -2.24. The first-order valence-corrected chi connectivity index (χ1v) is 14.2. The average Bonchev–Trinajstić information content (AvgIpc) is 3.45. The lowest BCUT2D eigenvalue weighted by Crippen LogP contribution is -2.43. The number of ether oxygens (including phenoxy) is 3. The Bertz CT molecular complexity index is 1300. The van der Waals surface area contributed by atoms with Gasteiger partial charge in [-0.3, -0.25) is 9.36 Å². The fourth-order valence-electron chi connectivity index (χ4n) is 4.78. The Labute approximate surface area is 234 Å². The molecule has 0 aliphatic heterocycles. The Kier molecular flexibility index (Phi) is 11.3. The van der Waals surface area contributed by atoms with Gasteiger partial charge in [-0.1, -0.05) is 31.1 Å². The van der Waals surface area contributed by atoms with Crippen molar-refractivity contribution in [2.45, 2.75) is 97.2 Å². The summed E-state index contributed by atoms with van der Waals surface area (Å²) < 4.78 is 18.4. The molecule has 1 saturated carbocycles. The molecule has 0 amide bonds. The monoisotopic (exact) mass is 555 g/mol. The van der Waals surface area contributed by atoms with Gasteiger partial charge in [0.05, 0.1) is 13.2 Å². The molecule has 0 N–H and O–H groups in total. The van der Waals surface area contributed by atoms with E-state index < -0.39 is 23.2 Å². The standard InChI is InChI=1S/C30H41N3O7/c1-5-38-25(34)18-12-19-32-27(35)26(23-15-7-8-16-23)31-33(29(32)37)20-10-9-13-22-14-11-17-24(21-22)40-30(3,4)28(36)39-6-2/h11-12,14,17-18,21,23H,5-10,13,15-16,19-20H2,1-4H3/b18-12+. The van der Waals surface area contributed by atoms with Crippen molar-refractivity contribution in [3.63, 3.8) is 0 Å². The topological polar surface area (TPSA) is 119 Å². The SMILES string of the molecule is CCOC(=O)/C=C/Cn1c(=O)c(C2CCCC2)nn(CCCCc2cccc(OC(C)(C)C(=O)OCC)c2)c1=O. The van der Waals surface area contributed by atoms with Gasteiger partial charge in [-0.15, -0.1) is 0 Å². The molecule has 3 rings (SSSR count). The highest BCUT2D eigenvalue weighted by atomic mass is 16.6. The molecule has 2 aromatic rings. The maximum atomic E-state index is 13.2. The summed E-state index contributed by atoms with van der Waals surface area (Å²) in [5.74, 6) is -0.313. The first kappa shape index (κ1) is 30.8. The summed E-state index contributed by atoms with van der Waals surface area (Å²) in [4.78, 5) is 50.1. The maximum absolute atomic E-state index is 13.2. The molecule has 40 heavy (non-hydrogen) atoms. The highest BCUT2D eigenvalue weighted by molar-refractivity contribution is 5.81. The lowest BCUT2D eigenvalue weighted by atomic mass is 10.0. The van der Waals surface area contributed by atoms with Crippen molar-refractivity contribution in [1.82, 2.24) is 14.3 Å². The van der Waals surface area contributed by atoms with Crippen LogP contribution < -0.4 is 16.0 Å². The lowest BCUT2D eigenvalue weighted by molar-refractivity contribution is -0.158. The highest BCUT2D eigenvalue weighted by Crippen LogP contribution is 2.31. The third-order valence-electron chi connectivity index (χ3n) is 6.84. The zero-order valence-corrected chi connectivity index (χ0v) is 24.0. The Morgan fingerprint density at radius 2 is 1.80 bits per heavy atom. The molecule has 0 radical (unpaired) electrons. The van der Waals surface area contributed by atoms with Crippen LogP contribution in [0.4, 0.5) is 0 Å². The van der Waals surface area contributed by atoms with Crippen molar-refractivity contribution in [3.05, 3.63) is 68.5 Å². The first-order chi connectivity index (χ1) is 19.2. The molecule has 1 aliphatic rings. The van der Waals surface area contributed by atoms with Gasteiger partial charge in [0.25, 0.3) is 5.56 Å². The minimum absolute atomic E-state index is 0.0202. The van der Waals surface area contributed by atoms with Crippen LogP contribution in [0.3, 0.4) is 0 Å². The third kappa shape index (κ3) is 8.40. The summed E-state index contributed by atoms with van der Waals surface area (Å²) in [6.07, 6.45) is 8.73. The molecular weight excluding hydrogens is 514 g/mol. The van der Waals surface area contributed by atoms with E-state index in [9.17, 15) is 19.2 Å². The highest BCUT2D eigenvalue weighted by Gasteiger charge is 2.31. The van der Waals surface area contributed by atoms with Crippen LogP contribution in [0.5, 0.6) is 5.75 Å². The van der Waals surface area contributed by atoms with Crippen molar-refractivity contribution < 1.29 is 23.8 Å². The summed E-state index contributed by atoms with van der Waals surface area (Å²) in [6.45, 7) is 7.70. The van der Waals surface area contributed by atoms with Crippen LogP contribution in [0.25, 0.3) is 0 Å².